The highest BCUT2D eigenvalue weighted by Crippen LogP contribution is 2.16. The van der Waals surface area contributed by atoms with Gasteiger partial charge in [-0.25, -0.2) is 4.98 Å². The lowest BCUT2D eigenvalue weighted by Gasteiger charge is -2.21. The maximum absolute atomic E-state index is 4.31. The number of nitrogens with zero attached hydrogens (tertiary/aromatic N) is 1. The first-order chi connectivity index (χ1) is 6.42. The Kier molecular flexibility index (Phi) is 2.94. The fourth-order valence-corrected chi connectivity index (χ4v) is 1.23. The molecule has 0 bridgehead atoms. The minimum absolute atomic E-state index is 0.0507. The molecule has 2 heteroatoms. The van der Waals surface area contributed by atoms with Crippen molar-refractivity contribution in [3.63, 3.8) is 0 Å². The maximum atomic E-state index is 4.31. The molecule has 0 saturated heterocycles. The highest BCUT2D eigenvalue weighted by Gasteiger charge is 2.10. The molecule has 0 saturated carbocycles. The molecule has 1 rings (SSSR count). The maximum Gasteiger partial charge on any atom is 0.126 e. The summed E-state index contributed by atoms with van der Waals surface area (Å²) in [7, 11) is 0. The molecular weight excluding hydrogens is 172 g/mol. The molecule has 0 radical (unpaired) electrons. The van der Waals surface area contributed by atoms with Crippen LogP contribution in [0, 0.1) is 6.92 Å². The Balaban J connectivity index is 2.92. The Morgan fingerprint density at radius 2 is 2.07 bits per heavy atom. The predicted octanol–water partition coefficient (Wildman–Crippen LogP) is 3.24. The molecule has 0 fully saturated rings. The van der Waals surface area contributed by atoms with Gasteiger partial charge in [0.1, 0.15) is 5.82 Å². The molecule has 1 heterocycles. The van der Waals surface area contributed by atoms with E-state index in [2.05, 4.69) is 44.6 Å². The van der Waals surface area contributed by atoms with Gasteiger partial charge in [-0.2, -0.15) is 0 Å². The van der Waals surface area contributed by atoms with E-state index in [1.807, 2.05) is 18.3 Å². The highest BCUT2D eigenvalue weighted by atomic mass is 15.0. The molecule has 76 valence electrons. The number of anilines is 1. The minimum atomic E-state index is 0.0507. The molecule has 0 aliphatic carbocycles. The van der Waals surface area contributed by atoms with Crippen LogP contribution in [0.1, 0.15) is 31.9 Å². The van der Waals surface area contributed by atoms with Crippen LogP contribution in [0.4, 0.5) is 5.82 Å². The third-order valence-corrected chi connectivity index (χ3v) is 1.87. The third-order valence-electron chi connectivity index (χ3n) is 1.87. The smallest absolute Gasteiger partial charge is 0.126 e. The van der Waals surface area contributed by atoms with Crippen LogP contribution in [-0.2, 0) is 0 Å². The summed E-state index contributed by atoms with van der Waals surface area (Å²) in [5.74, 6) is 0.917. The molecule has 0 atom stereocenters. The normalized spacial score (nSPS) is 11.1. The van der Waals surface area contributed by atoms with Crippen LogP contribution >= 0.6 is 0 Å². The van der Waals surface area contributed by atoms with Gasteiger partial charge >= 0.3 is 0 Å². The first-order valence-electron chi connectivity index (χ1n) is 4.79. The van der Waals surface area contributed by atoms with Crippen LogP contribution in [0.25, 0.3) is 6.08 Å². The molecule has 0 aliphatic rings. The lowest BCUT2D eigenvalue weighted by atomic mass is 10.1. The van der Waals surface area contributed by atoms with Crippen molar-refractivity contribution >= 4 is 11.9 Å². The van der Waals surface area contributed by atoms with Crippen molar-refractivity contribution in [3.05, 3.63) is 30.0 Å². The summed E-state index contributed by atoms with van der Waals surface area (Å²) >= 11 is 0. The zero-order valence-electron chi connectivity index (χ0n) is 9.39. The van der Waals surface area contributed by atoms with Crippen molar-refractivity contribution in [3.8, 4) is 0 Å². The molecule has 0 unspecified atom stereocenters. The van der Waals surface area contributed by atoms with E-state index in [0.717, 1.165) is 11.4 Å². The van der Waals surface area contributed by atoms with Crippen LogP contribution < -0.4 is 5.32 Å². The Hall–Kier alpha value is -1.31. The molecule has 0 amide bonds. The van der Waals surface area contributed by atoms with Gasteiger partial charge in [0.05, 0.1) is 0 Å². The third kappa shape index (κ3) is 2.87. The first-order valence-corrected chi connectivity index (χ1v) is 4.79. The average Bonchev–Trinajstić information content (AvgIpc) is 2.01. The van der Waals surface area contributed by atoms with Crippen LogP contribution in [0.5, 0.6) is 0 Å². The van der Waals surface area contributed by atoms with Crippen LogP contribution in [-0.4, -0.2) is 10.5 Å². The van der Waals surface area contributed by atoms with E-state index >= 15 is 0 Å². The van der Waals surface area contributed by atoms with E-state index in [1.165, 1.54) is 5.56 Å². The minimum Gasteiger partial charge on any atom is -0.365 e. The molecule has 0 aromatic carbocycles. The van der Waals surface area contributed by atoms with Gasteiger partial charge in [0.25, 0.3) is 0 Å². The van der Waals surface area contributed by atoms with Crippen LogP contribution in [0.15, 0.2) is 18.8 Å². The van der Waals surface area contributed by atoms with Gasteiger partial charge < -0.3 is 5.32 Å². The lowest BCUT2D eigenvalue weighted by Crippen LogP contribution is -2.26. The molecule has 1 N–H and O–H groups in total. The van der Waals surface area contributed by atoms with Gasteiger partial charge in [-0.05, 0) is 44.9 Å². The lowest BCUT2D eigenvalue weighted by molar-refractivity contribution is 0.630. The largest absolute Gasteiger partial charge is 0.365 e. The summed E-state index contributed by atoms with van der Waals surface area (Å²) in [6.07, 6.45) is 3.67. The summed E-state index contributed by atoms with van der Waals surface area (Å²) in [6, 6.07) is 2.04. The SMILES string of the molecule is C=Cc1cnc(NC(C)(C)C)cc1C. The Labute approximate surface area is 86.1 Å². The molecule has 0 spiro atoms. The molecule has 14 heavy (non-hydrogen) atoms. The number of hydrogen-bond acceptors (Lipinski definition) is 2. The fourth-order valence-electron chi connectivity index (χ4n) is 1.23. The average molecular weight is 190 g/mol. The summed E-state index contributed by atoms with van der Waals surface area (Å²) in [4.78, 5) is 4.31. The van der Waals surface area contributed by atoms with E-state index < -0.39 is 0 Å². The van der Waals surface area contributed by atoms with Gasteiger partial charge in [0.2, 0.25) is 0 Å². The van der Waals surface area contributed by atoms with Gasteiger partial charge in [-0.15, -0.1) is 0 Å². The zero-order chi connectivity index (χ0) is 10.8. The standard InChI is InChI=1S/C12H18N2/c1-6-10-8-13-11(7-9(10)2)14-12(3,4)5/h6-8H,1H2,2-5H3,(H,13,14). The number of aromatic nitrogens is 1. The Bertz CT molecular complexity index is 335. The molecule has 1 aromatic heterocycles. The van der Waals surface area contributed by atoms with Crippen molar-refractivity contribution in [1.29, 1.82) is 0 Å². The number of rotatable bonds is 2. The van der Waals surface area contributed by atoms with Crippen LogP contribution in [0.2, 0.25) is 0 Å². The van der Waals surface area contributed by atoms with Gasteiger partial charge in [0.15, 0.2) is 0 Å². The van der Waals surface area contributed by atoms with Gasteiger partial charge in [0, 0.05) is 11.7 Å². The molecule has 2 nitrogen and oxygen atoms in total. The predicted molar refractivity (Wildman–Crippen MR) is 62.4 cm³/mol. The quantitative estimate of drug-likeness (QED) is 0.774. The Morgan fingerprint density at radius 1 is 1.43 bits per heavy atom. The number of nitrogens with one attached hydrogen (secondary N) is 1. The molecule has 1 aromatic rings. The first kappa shape index (κ1) is 10.8. The fraction of sp³-hybridized carbons (Fsp3) is 0.417. The second kappa shape index (κ2) is 3.82. The summed E-state index contributed by atoms with van der Waals surface area (Å²) in [6.45, 7) is 12.1. The van der Waals surface area contributed by atoms with Crippen molar-refractivity contribution in [2.45, 2.75) is 33.2 Å². The van der Waals surface area contributed by atoms with Crippen LogP contribution in [0.3, 0.4) is 0 Å². The van der Waals surface area contributed by atoms with E-state index in [9.17, 15) is 0 Å². The van der Waals surface area contributed by atoms with Crippen molar-refractivity contribution < 1.29 is 0 Å². The Morgan fingerprint density at radius 3 is 2.50 bits per heavy atom. The van der Waals surface area contributed by atoms with Crippen molar-refractivity contribution in [2.24, 2.45) is 0 Å². The monoisotopic (exact) mass is 190 g/mol. The van der Waals surface area contributed by atoms with Crippen molar-refractivity contribution in [1.82, 2.24) is 4.98 Å². The van der Waals surface area contributed by atoms with Gasteiger partial charge in [-0.3, -0.25) is 0 Å². The number of pyridine rings is 1. The van der Waals surface area contributed by atoms with E-state index in [-0.39, 0.29) is 5.54 Å². The highest BCUT2D eigenvalue weighted by molar-refractivity contribution is 5.54. The van der Waals surface area contributed by atoms with E-state index in [0.29, 0.717) is 0 Å². The van der Waals surface area contributed by atoms with Gasteiger partial charge in [-0.1, -0.05) is 12.7 Å². The molecular formula is C12H18N2. The molecule has 0 aliphatic heterocycles. The zero-order valence-corrected chi connectivity index (χ0v) is 9.39. The van der Waals surface area contributed by atoms with E-state index in [1.54, 1.807) is 0 Å². The second-order valence-corrected chi connectivity index (χ2v) is 4.51. The summed E-state index contributed by atoms with van der Waals surface area (Å²) < 4.78 is 0. The van der Waals surface area contributed by atoms with E-state index in [4.69, 9.17) is 0 Å². The summed E-state index contributed by atoms with van der Waals surface area (Å²) in [5.41, 5.74) is 2.33. The summed E-state index contributed by atoms with van der Waals surface area (Å²) in [5, 5.41) is 3.33. The van der Waals surface area contributed by atoms with Crippen molar-refractivity contribution in [2.75, 3.05) is 5.32 Å². The topological polar surface area (TPSA) is 24.9 Å². The second-order valence-electron chi connectivity index (χ2n) is 4.51. The number of aryl methyl sites for hydroxylation is 1. The number of hydrogen-bond donors (Lipinski definition) is 1.